The minimum atomic E-state index is -3.64. The number of sulfonamides is 1. The smallest absolute Gasteiger partial charge is 0.267 e. The van der Waals surface area contributed by atoms with Gasteiger partial charge in [0, 0.05) is 45.1 Å². The maximum absolute atomic E-state index is 12.2. The van der Waals surface area contributed by atoms with E-state index in [1.54, 1.807) is 13.2 Å². The van der Waals surface area contributed by atoms with Crippen LogP contribution in [0.4, 0.5) is 0 Å². The second kappa shape index (κ2) is 6.10. The summed E-state index contributed by atoms with van der Waals surface area (Å²) in [6.07, 6.45) is 5.09. The number of hydrogen-bond acceptors (Lipinski definition) is 4. The van der Waals surface area contributed by atoms with Crippen molar-refractivity contribution in [2.45, 2.75) is 11.3 Å². The minimum absolute atomic E-state index is 0.0632. The Labute approximate surface area is 122 Å². The van der Waals surface area contributed by atoms with Crippen molar-refractivity contribution in [3.05, 3.63) is 36.2 Å². The number of rotatable bonds is 6. The number of nitrogens with zero attached hydrogens (tertiary/aromatic N) is 2. The average Bonchev–Trinajstić information content (AvgIpc) is 3.07. The summed E-state index contributed by atoms with van der Waals surface area (Å²) in [5, 5.41) is 2.46. The van der Waals surface area contributed by atoms with Gasteiger partial charge in [-0.2, -0.15) is 0 Å². The first kappa shape index (κ1) is 15.3. The van der Waals surface area contributed by atoms with Crippen LogP contribution in [0.3, 0.4) is 0 Å². The lowest BCUT2D eigenvalue weighted by molar-refractivity contribution is 0.0955. The molecule has 0 saturated heterocycles. The molecule has 2 aromatic rings. The molecule has 0 aliphatic carbocycles. The lowest BCUT2D eigenvalue weighted by Gasteiger charge is -2.03. The summed E-state index contributed by atoms with van der Waals surface area (Å²) in [5.74, 6) is -0.337. The maximum Gasteiger partial charge on any atom is 0.267 e. The molecule has 0 saturated carbocycles. The normalized spacial score (nSPS) is 11.5. The monoisotopic (exact) mass is 311 g/mol. The van der Waals surface area contributed by atoms with Crippen molar-refractivity contribution >= 4 is 15.9 Å². The van der Waals surface area contributed by atoms with Gasteiger partial charge in [-0.3, -0.25) is 4.79 Å². The van der Waals surface area contributed by atoms with Crippen LogP contribution < -0.4 is 10.0 Å². The molecule has 8 nitrogen and oxygen atoms in total. The van der Waals surface area contributed by atoms with Gasteiger partial charge in [0.05, 0.1) is 6.33 Å². The molecule has 0 fully saturated rings. The molecule has 21 heavy (non-hydrogen) atoms. The number of aromatic amines is 1. The summed E-state index contributed by atoms with van der Waals surface area (Å²) in [6.45, 7) is 0.245. The van der Waals surface area contributed by atoms with Crippen LogP contribution in [0.15, 0.2) is 29.7 Å². The van der Waals surface area contributed by atoms with Crippen LogP contribution in [-0.4, -0.2) is 42.5 Å². The number of H-pyrrole nitrogens is 1. The zero-order chi connectivity index (χ0) is 15.5. The van der Waals surface area contributed by atoms with E-state index in [4.69, 9.17) is 0 Å². The quantitative estimate of drug-likeness (QED) is 0.676. The van der Waals surface area contributed by atoms with Gasteiger partial charge in [-0.15, -0.1) is 0 Å². The molecule has 0 aliphatic heterocycles. The lowest BCUT2D eigenvalue weighted by Crippen LogP contribution is -2.25. The zero-order valence-electron chi connectivity index (χ0n) is 11.8. The van der Waals surface area contributed by atoms with E-state index in [0.717, 1.165) is 5.69 Å². The average molecular weight is 311 g/mol. The maximum atomic E-state index is 12.2. The van der Waals surface area contributed by atoms with Crippen molar-refractivity contribution in [3.63, 3.8) is 0 Å². The largest absolute Gasteiger partial charge is 0.354 e. The van der Waals surface area contributed by atoms with Crippen molar-refractivity contribution in [2.75, 3.05) is 13.6 Å². The van der Waals surface area contributed by atoms with Crippen molar-refractivity contribution in [2.24, 2.45) is 7.05 Å². The third kappa shape index (κ3) is 3.50. The molecule has 2 aromatic heterocycles. The second-order valence-corrected chi connectivity index (χ2v) is 6.24. The summed E-state index contributed by atoms with van der Waals surface area (Å²) >= 11 is 0. The summed E-state index contributed by atoms with van der Waals surface area (Å²) in [4.78, 5) is 18.4. The molecule has 0 bridgehead atoms. The van der Waals surface area contributed by atoms with Gasteiger partial charge in [0.2, 0.25) is 10.0 Å². The van der Waals surface area contributed by atoms with E-state index in [9.17, 15) is 13.2 Å². The van der Waals surface area contributed by atoms with Crippen LogP contribution in [0.25, 0.3) is 0 Å². The molecule has 9 heteroatoms. The van der Waals surface area contributed by atoms with E-state index in [0.29, 0.717) is 6.42 Å². The predicted octanol–water partition coefficient (Wildman–Crippen LogP) is -0.371. The van der Waals surface area contributed by atoms with E-state index in [2.05, 4.69) is 20.0 Å². The van der Waals surface area contributed by atoms with Crippen LogP contribution in [0.1, 0.15) is 16.2 Å². The predicted molar refractivity (Wildman–Crippen MR) is 76.3 cm³/mol. The molecule has 0 spiro atoms. The Kier molecular flexibility index (Phi) is 4.43. The molecule has 1 amide bonds. The Morgan fingerprint density at radius 3 is 2.86 bits per heavy atom. The fourth-order valence-electron chi connectivity index (χ4n) is 1.86. The molecule has 0 aromatic carbocycles. The standard InChI is InChI=1S/C12H17N5O3S/c1-13-12(18)11-5-10(7-17(11)2)21(19,20)16-4-3-9-6-14-8-15-9/h5-8,16H,3-4H2,1-2H3,(H,13,18)(H,14,15). The Balaban J connectivity index is 2.07. The van der Waals surface area contributed by atoms with Crippen molar-refractivity contribution in [1.29, 1.82) is 0 Å². The van der Waals surface area contributed by atoms with Crippen LogP contribution in [0.5, 0.6) is 0 Å². The number of amides is 1. The molecule has 2 heterocycles. The molecule has 0 radical (unpaired) electrons. The van der Waals surface area contributed by atoms with E-state index in [-0.39, 0.29) is 23.0 Å². The van der Waals surface area contributed by atoms with Crippen LogP contribution in [-0.2, 0) is 23.5 Å². The highest BCUT2D eigenvalue weighted by Crippen LogP contribution is 2.13. The van der Waals surface area contributed by atoms with Gasteiger partial charge in [-0.25, -0.2) is 18.1 Å². The van der Waals surface area contributed by atoms with Gasteiger partial charge < -0.3 is 14.9 Å². The van der Waals surface area contributed by atoms with Gasteiger partial charge in [0.15, 0.2) is 0 Å². The summed E-state index contributed by atoms with van der Waals surface area (Å²) < 4.78 is 28.3. The van der Waals surface area contributed by atoms with Crippen LogP contribution in [0, 0.1) is 0 Å². The second-order valence-electron chi connectivity index (χ2n) is 4.48. The molecular weight excluding hydrogens is 294 g/mol. The summed E-state index contributed by atoms with van der Waals surface area (Å²) in [7, 11) is -0.531. The summed E-state index contributed by atoms with van der Waals surface area (Å²) in [5.41, 5.74) is 1.13. The molecule has 2 rings (SSSR count). The number of aromatic nitrogens is 3. The number of imidazole rings is 1. The third-order valence-corrected chi connectivity index (χ3v) is 4.42. The topological polar surface area (TPSA) is 109 Å². The van der Waals surface area contributed by atoms with Crippen LogP contribution >= 0.6 is 0 Å². The summed E-state index contributed by atoms with van der Waals surface area (Å²) in [6, 6.07) is 1.34. The van der Waals surface area contributed by atoms with E-state index >= 15 is 0 Å². The Morgan fingerprint density at radius 2 is 2.24 bits per heavy atom. The number of hydrogen-bond donors (Lipinski definition) is 3. The van der Waals surface area contributed by atoms with Gasteiger partial charge in [-0.05, 0) is 6.07 Å². The minimum Gasteiger partial charge on any atom is -0.354 e. The first-order valence-electron chi connectivity index (χ1n) is 6.29. The molecular formula is C12H17N5O3S. The number of carbonyl (C=O) groups excluding carboxylic acids is 1. The Bertz CT molecular complexity index is 718. The van der Waals surface area contributed by atoms with Gasteiger partial charge in [-0.1, -0.05) is 0 Å². The molecule has 114 valence electrons. The van der Waals surface area contributed by atoms with Crippen molar-refractivity contribution in [1.82, 2.24) is 24.6 Å². The molecule has 0 aliphatic rings. The van der Waals surface area contributed by atoms with Crippen molar-refractivity contribution in [3.8, 4) is 0 Å². The highest BCUT2D eigenvalue weighted by atomic mass is 32.2. The van der Waals surface area contributed by atoms with Gasteiger partial charge >= 0.3 is 0 Å². The molecule has 0 atom stereocenters. The van der Waals surface area contributed by atoms with Crippen molar-refractivity contribution < 1.29 is 13.2 Å². The fraction of sp³-hybridized carbons (Fsp3) is 0.333. The van der Waals surface area contributed by atoms with E-state index in [1.807, 2.05) is 0 Å². The number of aryl methyl sites for hydroxylation is 1. The fourth-order valence-corrected chi connectivity index (χ4v) is 2.96. The molecule has 0 unspecified atom stereocenters. The number of carbonyl (C=O) groups is 1. The highest BCUT2D eigenvalue weighted by molar-refractivity contribution is 7.89. The van der Waals surface area contributed by atoms with Gasteiger partial charge in [0.25, 0.3) is 5.91 Å². The Hall–Kier alpha value is -2.13. The number of nitrogens with one attached hydrogen (secondary N) is 3. The Morgan fingerprint density at radius 1 is 1.48 bits per heavy atom. The first-order chi connectivity index (χ1) is 9.94. The lowest BCUT2D eigenvalue weighted by atomic mass is 10.3. The zero-order valence-corrected chi connectivity index (χ0v) is 12.6. The highest BCUT2D eigenvalue weighted by Gasteiger charge is 2.19. The first-order valence-corrected chi connectivity index (χ1v) is 7.77. The van der Waals surface area contributed by atoms with Gasteiger partial charge in [0.1, 0.15) is 10.6 Å². The van der Waals surface area contributed by atoms with E-state index in [1.165, 1.54) is 30.2 Å². The van der Waals surface area contributed by atoms with E-state index < -0.39 is 10.0 Å². The SMILES string of the molecule is CNC(=O)c1cc(S(=O)(=O)NCCc2cnc[nH]2)cn1C. The molecule has 3 N–H and O–H groups in total. The third-order valence-electron chi connectivity index (χ3n) is 2.99. The van der Waals surface area contributed by atoms with Crippen LogP contribution in [0.2, 0.25) is 0 Å².